The summed E-state index contributed by atoms with van der Waals surface area (Å²) in [5.41, 5.74) is 0.358. The summed E-state index contributed by atoms with van der Waals surface area (Å²) in [6.45, 7) is 10.8. The highest BCUT2D eigenvalue weighted by molar-refractivity contribution is 9.09. The zero-order valence-electron chi connectivity index (χ0n) is 10.1. The molecule has 0 aromatic rings. The topological polar surface area (TPSA) is 9.23 Å². The van der Waals surface area contributed by atoms with E-state index in [2.05, 4.69) is 43.6 Å². The smallest absolute Gasteiger partial charge is 0.0530 e. The van der Waals surface area contributed by atoms with Gasteiger partial charge in [0, 0.05) is 17.4 Å². The number of hydrogen-bond acceptors (Lipinski definition) is 1. The monoisotopic (exact) mass is 264 g/mol. The third kappa shape index (κ3) is 5.35. The van der Waals surface area contributed by atoms with Crippen LogP contribution < -0.4 is 0 Å². The van der Waals surface area contributed by atoms with Gasteiger partial charge in [-0.1, -0.05) is 43.6 Å². The fourth-order valence-electron chi connectivity index (χ4n) is 1.29. The standard InChI is InChI=1S/C12H25BrO/c1-5-12(6-2,9-13)10-14-8-7-11(3)4/h11H,5-10H2,1-4H3. The van der Waals surface area contributed by atoms with Crippen LogP contribution in [0, 0.1) is 11.3 Å². The first-order chi connectivity index (χ1) is 6.60. The highest BCUT2D eigenvalue weighted by atomic mass is 79.9. The van der Waals surface area contributed by atoms with E-state index in [1.807, 2.05) is 0 Å². The molecule has 0 aliphatic heterocycles. The van der Waals surface area contributed by atoms with Crippen molar-refractivity contribution in [2.75, 3.05) is 18.5 Å². The lowest BCUT2D eigenvalue weighted by Crippen LogP contribution is -2.27. The number of hydrogen-bond donors (Lipinski definition) is 0. The van der Waals surface area contributed by atoms with Crippen LogP contribution in [0.15, 0.2) is 0 Å². The molecule has 0 atom stereocenters. The van der Waals surface area contributed by atoms with Crippen molar-refractivity contribution in [3.05, 3.63) is 0 Å². The Balaban J connectivity index is 3.71. The quantitative estimate of drug-likeness (QED) is 0.471. The van der Waals surface area contributed by atoms with E-state index in [1.165, 1.54) is 19.3 Å². The largest absolute Gasteiger partial charge is 0.381 e. The van der Waals surface area contributed by atoms with E-state index < -0.39 is 0 Å². The van der Waals surface area contributed by atoms with Crippen molar-refractivity contribution in [1.29, 1.82) is 0 Å². The van der Waals surface area contributed by atoms with Gasteiger partial charge in [0.2, 0.25) is 0 Å². The Kier molecular flexibility index (Phi) is 7.94. The summed E-state index contributed by atoms with van der Waals surface area (Å²) in [5, 5.41) is 1.05. The molecule has 0 bridgehead atoms. The summed E-state index contributed by atoms with van der Waals surface area (Å²) in [5.74, 6) is 0.747. The molecule has 0 heterocycles. The van der Waals surface area contributed by atoms with Crippen molar-refractivity contribution < 1.29 is 4.74 Å². The van der Waals surface area contributed by atoms with Gasteiger partial charge in [-0.05, 0) is 25.2 Å². The first-order valence-electron chi connectivity index (χ1n) is 5.74. The van der Waals surface area contributed by atoms with E-state index in [-0.39, 0.29) is 0 Å². The Morgan fingerprint density at radius 3 is 2.14 bits per heavy atom. The first kappa shape index (κ1) is 14.4. The normalized spacial score (nSPS) is 12.4. The number of rotatable bonds is 8. The molecule has 0 rings (SSSR count). The average molecular weight is 265 g/mol. The zero-order chi connectivity index (χ0) is 11.0. The molecule has 0 saturated carbocycles. The number of halogens is 1. The molecule has 0 fully saturated rings. The molecule has 0 aliphatic rings. The molecule has 14 heavy (non-hydrogen) atoms. The van der Waals surface area contributed by atoms with E-state index in [4.69, 9.17) is 4.74 Å². The predicted octanol–water partition coefficient (Wildman–Crippen LogP) is 4.25. The second kappa shape index (κ2) is 7.70. The van der Waals surface area contributed by atoms with Gasteiger partial charge in [0.25, 0.3) is 0 Å². The lowest BCUT2D eigenvalue weighted by molar-refractivity contribution is 0.0461. The Morgan fingerprint density at radius 2 is 1.79 bits per heavy atom. The zero-order valence-corrected chi connectivity index (χ0v) is 11.7. The molecule has 1 nitrogen and oxygen atoms in total. The first-order valence-corrected chi connectivity index (χ1v) is 6.86. The third-order valence-electron chi connectivity index (χ3n) is 3.03. The highest BCUT2D eigenvalue weighted by Gasteiger charge is 2.24. The number of ether oxygens (including phenoxy) is 1. The van der Waals surface area contributed by atoms with Gasteiger partial charge in [0.1, 0.15) is 0 Å². The molecule has 0 amide bonds. The number of alkyl halides is 1. The maximum Gasteiger partial charge on any atom is 0.0530 e. The van der Waals surface area contributed by atoms with Crippen LogP contribution in [0.2, 0.25) is 0 Å². The summed E-state index contributed by atoms with van der Waals surface area (Å²) >= 11 is 3.59. The summed E-state index contributed by atoms with van der Waals surface area (Å²) in [6, 6.07) is 0. The van der Waals surface area contributed by atoms with Crippen LogP contribution in [-0.4, -0.2) is 18.5 Å². The third-order valence-corrected chi connectivity index (χ3v) is 4.22. The summed E-state index contributed by atoms with van der Waals surface area (Å²) in [4.78, 5) is 0. The second-order valence-electron chi connectivity index (χ2n) is 4.58. The maximum absolute atomic E-state index is 5.75. The van der Waals surface area contributed by atoms with Crippen molar-refractivity contribution in [3.63, 3.8) is 0 Å². The molecule has 2 heteroatoms. The van der Waals surface area contributed by atoms with Gasteiger partial charge in [-0.2, -0.15) is 0 Å². The van der Waals surface area contributed by atoms with Crippen LogP contribution in [0.3, 0.4) is 0 Å². The molecule has 0 aromatic heterocycles. The Bertz CT molecular complexity index is 122. The van der Waals surface area contributed by atoms with Crippen molar-refractivity contribution in [3.8, 4) is 0 Å². The second-order valence-corrected chi connectivity index (χ2v) is 5.14. The van der Waals surface area contributed by atoms with Crippen molar-refractivity contribution in [2.24, 2.45) is 11.3 Å². The van der Waals surface area contributed by atoms with Gasteiger partial charge >= 0.3 is 0 Å². The SMILES string of the molecule is CCC(CC)(CBr)COCCC(C)C. The Hall–Kier alpha value is 0.440. The molecular weight excluding hydrogens is 240 g/mol. The van der Waals surface area contributed by atoms with Crippen molar-refractivity contribution >= 4 is 15.9 Å². The molecule has 0 aromatic carbocycles. The minimum absolute atomic E-state index is 0.358. The van der Waals surface area contributed by atoms with E-state index in [0.29, 0.717) is 5.41 Å². The van der Waals surface area contributed by atoms with E-state index >= 15 is 0 Å². The lowest BCUT2D eigenvalue weighted by atomic mass is 9.86. The van der Waals surface area contributed by atoms with E-state index in [0.717, 1.165) is 24.5 Å². The molecule has 0 N–H and O–H groups in total. The van der Waals surface area contributed by atoms with Gasteiger partial charge in [0.05, 0.1) is 6.61 Å². The minimum Gasteiger partial charge on any atom is -0.381 e. The molecule has 0 spiro atoms. The van der Waals surface area contributed by atoms with Crippen LogP contribution in [-0.2, 0) is 4.74 Å². The average Bonchev–Trinajstić information content (AvgIpc) is 2.19. The molecule has 0 saturated heterocycles. The van der Waals surface area contributed by atoms with Crippen molar-refractivity contribution in [1.82, 2.24) is 0 Å². The van der Waals surface area contributed by atoms with E-state index in [1.54, 1.807) is 0 Å². The van der Waals surface area contributed by atoms with Gasteiger partial charge in [-0.25, -0.2) is 0 Å². The van der Waals surface area contributed by atoms with Crippen LogP contribution >= 0.6 is 15.9 Å². The fourth-order valence-corrected chi connectivity index (χ4v) is 2.24. The van der Waals surface area contributed by atoms with Gasteiger partial charge in [0.15, 0.2) is 0 Å². The van der Waals surface area contributed by atoms with E-state index in [9.17, 15) is 0 Å². The summed E-state index contributed by atoms with van der Waals surface area (Å²) < 4.78 is 5.75. The molecule has 0 aliphatic carbocycles. The fraction of sp³-hybridized carbons (Fsp3) is 1.00. The predicted molar refractivity (Wildman–Crippen MR) is 67.1 cm³/mol. The van der Waals surface area contributed by atoms with Crippen LogP contribution in [0.4, 0.5) is 0 Å². The highest BCUT2D eigenvalue weighted by Crippen LogP contribution is 2.29. The Morgan fingerprint density at radius 1 is 1.21 bits per heavy atom. The lowest BCUT2D eigenvalue weighted by Gasteiger charge is -2.29. The van der Waals surface area contributed by atoms with Crippen molar-refractivity contribution in [2.45, 2.75) is 47.0 Å². The summed E-state index contributed by atoms with van der Waals surface area (Å²) in [7, 11) is 0. The molecule has 0 radical (unpaired) electrons. The Labute approximate surface area is 97.7 Å². The maximum atomic E-state index is 5.75. The molecule has 86 valence electrons. The van der Waals surface area contributed by atoms with Crippen LogP contribution in [0.1, 0.15) is 47.0 Å². The van der Waals surface area contributed by atoms with Gasteiger partial charge in [-0.15, -0.1) is 0 Å². The molecular formula is C12H25BrO. The summed E-state index contributed by atoms with van der Waals surface area (Å²) in [6.07, 6.45) is 3.55. The molecule has 0 unspecified atom stereocenters. The van der Waals surface area contributed by atoms with Crippen LogP contribution in [0.5, 0.6) is 0 Å². The van der Waals surface area contributed by atoms with Gasteiger partial charge < -0.3 is 4.74 Å². The van der Waals surface area contributed by atoms with Crippen LogP contribution in [0.25, 0.3) is 0 Å². The minimum atomic E-state index is 0.358. The van der Waals surface area contributed by atoms with Gasteiger partial charge in [-0.3, -0.25) is 0 Å².